The van der Waals surface area contributed by atoms with E-state index in [9.17, 15) is 4.79 Å². The van der Waals surface area contributed by atoms with Gasteiger partial charge in [-0.2, -0.15) is 0 Å². The number of halogens is 1. The largest absolute Gasteiger partial charge is 0.481 e. The van der Waals surface area contributed by atoms with Crippen LogP contribution in [0.3, 0.4) is 0 Å². The van der Waals surface area contributed by atoms with Gasteiger partial charge in [-0.05, 0) is 60.6 Å². The predicted octanol–water partition coefficient (Wildman–Crippen LogP) is 9.64. The summed E-state index contributed by atoms with van der Waals surface area (Å²) in [7, 11) is 0. The Morgan fingerprint density at radius 1 is 0.917 bits per heavy atom. The molecule has 5 heteroatoms. The molecule has 4 nitrogen and oxygen atoms in total. The van der Waals surface area contributed by atoms with Gasteiger partial charge in [0.25, 0.3) is 5.91 Å². The molecule has 0 saturated heterocycles. The number of hydrogen-bond acceptors (Lipinski definition) is 2. The van der Waals surface area contributed by atoms with Crippen LogP contribution < -0.4 is 15.8 Å². The van der Waals surface area contributed by atoms with E-state index in [2.05, 4.69) is 45.1 Å². The fourth-order valence-electron chi connectivity index (χ4n) is 4.24. The Bertz CT molecular complexity index is 911. The monoisotopic (exact) mass is 513 g/mol. The molecule has 0 aliphatic heterocycles. The van der Waals surface area contributed by atoms with E-state index in [1.807, 2.05) is 12.1 Å². The van der Waals surface area contributed by atoms with Gasteiger partial charge in [0.1, 0.15) is 5.75 Å². The lowest BCUT2D eigenvalue weighted by atomic mass is 9.82. The lowest BCUT2D eigenvalue weighted by molar-refractivity contribution is -0.123. The minimum Gasteiger partial charge on any atom is -0.481 e. The van der Waals surface area contributed by atoms with Gasteiger partial charge in [0.2, 0.25) is 0 Å². The van der Waals surface area contributed by atoms with Gasteiger partial charge < -0.3 is 10.1 Å². The maximum Gasteiger partial charge on any atom is 0.265 e. The fourth-order valence-corrected chi connectivity index (χ4v) is 4.36. The molecule has 0 aliphatic carbocycles. The van der Waals surface area contributed by atoms with Crippen molar-refractivity contribution in [2.45, 2.75) is 116 Å². The van der Waals surface area contributed by atoms with Crippen molar-refractivity contribution in [3.63, 3.8) is 0 Å². The molecule has 0 bridgehead atoms. The maximum absolute atomic E-state index is 13.1. The highest BCUT2D eigenvalue weighted by Crippen LogP contribution is 2.29. The molecule has 0 fully saturated rings. The zero-order valence-electron chi connectivity index (χ0n) is 22.8. The van der Waals surface area contributed by atoms with Crippen LogP contribution in [-0.4, -0.2) is 12.0 Å². The number of carbonyl (C=O) groups is 1. The van der Waals surface area contributed by atoms with Crippen LogP contribution in [0.2, 0.25) is 5.02 Å². The van der Waals surface area contributed by atoms with Crippen molar-refractivity contribution in [3.8, 4) is 5.75 Å². The number of rotatable bonds is 17. The molecule has 2 aromatic carbocycles. The number of hydrogen-bond donors (Lipinski definition) is 1. The Morgan fingerprint density at radius 2 is 1.50 bits per heavy atom. The lowest BCUT2D eigenvalue weighted by Gasteiger charge is -2.24. The van der Waals surface area contributed by atoms with Crippen LogP contribution in [-0.2, 0) is 10.2 Å². The lowest BCUT2D eigenvalue weighted by Crippen LogP contribution is -2.33. The predicted molar refractivity (Wildman–Crippen MR) is 153 cm³/mol. The van der Waals surface area contributed by atoms with Crippen molar-refractivity contribution in [2.24, 2.45) is 0 Å². The number of carbonyl (C=O) groups excluding carboxylic acids is 1. The van der Waals surface area contributed by atoms with Gasteiger partial charge in [-0.1, -0.05) is 109 Å². The summed E-state index contributed by atoms with van der Waals surface area (Å²) in [4.78, 5) is 13.1. The summed E-state index contributed by atoms with van der Waals surface area (Å²) in [6.07, 6.45) is 13.6. The third-order valence-corrected chi connectivity index (χ3v) is 7.47. The van der Waals surface area contributed by atoms with Crippen molar-refractivity contribution in [2.75, 3.05) is 5.32 Å². The molecule has 1 amide bonds. The minimum absolute atomic E-state index is 0.105. The van der Waals surface area contributed by atoms with Crippen LogP contribution in [0.5, 0.6) is 5.75 Å². The van der Waals surface area contributed by atoms with Crippen LogP contribution in [0.15, 0.2) is 42.5 Å². The van der Waals surface area contributed by atoms with Crippen molar-refractivity contribution in [1.82, 2.24) is 5.73 Å². The standard InChI is InChI=1S/C31H46ClN2O2/c1-5-7-8-9-10-11-12-13-14-15-16-29(30(35)34-25-19-22-27(32)28(33)23-25)36-26-20-17-24(18-21-26)31(3,4)6-2/h17-23,29,33H,5-16H2,1-4H3,(H,34,35). The molecular formula is C31H46ClN2O2. The van der Waals surface area contributed by atoms with E-state index in [0.717, 1.165) is 19.3 Å². The number of unbranched alkanes of at least 4 members (excludes halogenated alkanes) is 9. The highest BCUT2D eigenvalue weighted by Gasteiger charge is 2.22. The summed E-state index contributed by atoms with van der Waals surface area (Å²) in [6.45, 7) is 8.91. The van der Waals surface area contributed by atoms with E-state index in [1.54, 1.807) is 18.2 Å². The first-order valence-corrected chi connectivity index (χ1v) is 14.2. The van der Waals surface area contributed by atoms with Crippen LogP contribution in [0.1, 0.15) is 110 Å². The number of anilines is 1. The highest BCUT2D eigenvalue weighted by molar-refractivity contribution is 6.33. The van der Waals surface area contributed by atoms with E-state index in [-0.39, 0.29) is 17.0 Å². The average Bonchev–Trinajstić information content (AvgIpc) is 2.87. The number of amides is 1. The highest BCUT2D eigenvalue weighted by atomic mass is 35.5. The molecule has 1 unspecified atom stereocenters. The van der Waals surface area contributed by atoms with Gasteiger partial charge in [0.15, 0.2) is 6.10 Å². The van der Waals surface area contributed by atoms with Gasteiger partial charge in [-0.3, -0.25) is 10.5 Å². The van der Waals surface area contributed by atoms with Crippen molar-refractivity contribution < 1.29 is 9.53 Å². The Hall–Kier alpha value is -2.20. The molecule has 199 valence electrons. The summed E-state index contributed by atoms with van der Waals surface area (Å²) < 4.78 is 6.20. The van der Waals surface area contributed by atoms with Crippen LogP contribution >= 0.6 is 11.6 Å². The molecule has 1 atom stereocenters. The quantitative estimate of drug-likeness (QED) is 0.214. The van der Waals surface area contributed by atoms with E-state index in [4.69, 9.17) is 22.1 Å². The SMILES string of the molecule is CCCCCCCCCCCCC(Oc1ccc(C(C)(C)CC)cc1)C(=O)Nc1ccc(Cl)c([NH])c1. The van der Waals surface area contributed by atoms with E-state index >= 15 is 0 Å². The first kappa shape index (κ1) is 30.0. The average molecular weight is 514 g/mol. The minimum atomic E-state index is -0.589. The second kappa shape index (κ2) is 15.8. The fraction of sp³-hybridized carbons (Fsp3) is 0.581. The van der Waals surface area contributed by atoms with Gasteiger partial charge in [0, 0.05) is 5.69 Å². The summed E-state index contributed by atoms with van der Waals surface area (Å²) in [6, 6.07) is 13.0. The van der Waals surface area contributed by atoms with Gasteiger partial charge in [-0.25, -0.2) is 0 Å². The first-order chi connectivity index (χ1) is 17.3. The summed E-state index contributed by atoms with van der Waals surface area (Å²) >= 11 is 5.97. The Labute approximate surface area is 224 Å². The molecule has 0 saturated carbocycles. The third kappa shape index (κ3) is 10.4. The molecule has 36 heavy (non-hydrogen) atoms. The number of nitrogens with one attached hydrogen (secondary N) is 2. The van der Waals surface area contributed by atoms with Crippen LogP contribution in [0, 0.1) is 0 Å². The topological polar surface area (TPSA) is 62.1 Å². The molecule has 1 radical (unpaired) electrons. The van der Waals surface area contributed by atoms with Crippen molar-refractivity contribution in [1.29, 1.82) is 0 Å². The zero-order chi connectivity index (χ0) is 26.4. The Kier molecular flexibility index (Phi) is 13.2. The van der Waals surface area contributed by atoms with Crippen LogP contribution in [0.25, 0.3) is 0 Å². The molecule has 0 spiro atoms. The molecule has 2 rings (SSSR count). The number of benzene rings is 2. The van der Waals surface area contributed by atoms with Crippen molar-refractivity contribution >= 4 is 28.9 Å². The maximum atomic E-state index is 13.1. The summed E-state index contributed by atoms with van der Waals surface area (Å²) in [5.74, 6) is 0.515. The Morgan fingerprint density at radius 3 is 2.06 bits per heavy atom. The second-order valence-electron chi connectivity index (χ2n) is 10.5. The second-order valence-corrected chi connectivity index (χ2v) is 10.9. The molecule has 0 aromatic heterocycles. The molecule has 2 aromatic rings. The molecule has 0 heterocycles. The van der Waals surface area contributed by atoms with Gasteiger partial charge >= 0.3 is 0 Å². The van der Waals surface area contributed by atoms with Crippen molar-refractivity contribution in [3.05, 3.63) is 53.1 Å². The molecule has 2 N–H and O–H groups in total. The number of ether oxygens (including phenoxy) is 1. The smallest absolute Gasteiger partial charge is 0.265 e. The normalized spacial score (nSPS) is 12.4. The van der Waals surface area contributed by atoms with E-state index < -0.39 is 6.10 Å². The van der Waals surface area contributed by atoms with Crippen LogP contribution in [0.4, 0.5) is 11.4 Å². The third-order valence-electron chi connectivity index (χ3n) is 7.14. The van der Waals surface area contributed by atoms with Gasteiger partial charge in [-0.15, -0.1) is 0 Å². The van der Waals surface area contributed by atoms with Gasteiger partial charge in [0.05, 0.1) is 10.7 Å². The zero-order valence-corrected chi connectivity index (χ0v) is 23.6. The molecular weight excluding hydrogens is 468 g/mol. The van der Waals surface area contributed by atoms with E-state index in [1.165, 1.54) is 56.9 Å². The Balaban J connectivity index is 1.93. The van der Waals surface area contributed by atoms with E-state index in [0.29, 0.717) is 22.9 Å². The molecule has 0 aliphatic rings. The summed E-state index contributed by atoms with van der Waals surface area (Å²) in [5.41, 5.74) is 10.0. The summed E-state index contributed by atoms with van der Waals surface area (Å²) in [5, 5.41) is 3.28. The first-order valence-electron chi connectivity index (χ1n) is 13.9.